The maximum atomic E-state index is 12.5. The first-order valence-corrected chi connectivity index (χ1v) is 8.24. The van der Waals surface area contributed by atoms with Crippen LogP contribution in [0.5, 0.6) is 0 Å². The minimum absolute atomic E-state index is 0.0344. The summed E-state index contributed by atoms with van der Waals surface area (Å²) in [5.41, 5.74) is -0.704. The van der Waals surface area contributed by atoms with Crippen LogP contribution in [0, 0.1) is 10.8 Å². The van der Waals surface area contributed by atoms with Crippen LogP contribution in [0.15, 0.2) is 30.3 Å². The molecule has 0 bridgehead atoms. The molecule has 0 saturated heterocycles. The Morgan fingerprint density at radius 2 is 1.67 bits per heavy atom. The number of hydrogen-bond donors (Lipinski definition) is 1. The Morgan fingerprint density at radius 1 is 1.04 bits per heavy atom. The Bertz CT molecular complexity index is 538. The van der Waals surface area contributed by atoms with Gasteiger partial charge in [0, 0.05) is 0 Å². The van der Waals surface area contributed by atoms with Gasteiger partial charge in [0.15, 0.2) is 0 Å². The summed E-state index contributed by atoms with van der Waals surface area (Å²) in [6.45, 7) is 7.16. The fraction of sp³-hybridized carbons (Fsp3) is 0.579. The first-order valence-electron chi connectivity index (χ1n) is 8.24. The Labute approximate surface area is 144 Å². The van der Waals surface area contributed by atoms with Crippen LogP contribution in [-0.2, 0) is 25.7 Å². The highest BCUT2D eigenvalue weighted by atomic mass is 16.5. The van der Waals surface area contributed by atoms with E-state index in [0.29, 0.717) is 12.8 Å². The molecule has 1 unspecified atom stereocenters. The number of ether oxygens (including phenoxy) is 2. The molecule has 1 aromatic carbocycles. The molecule has 134 valence electrons. The van der Waals surface area contributed by atoms with Gasteiger partial charge in [0.05, 0.1) is 17.4 Å². The highest BCUT2D eigenvalue weighted by Crippen LogP contribution is 2.38. The van der Waals surface area contributed by atoms with Gasteiger partial charge in [0.1, 0.15) is 13.2 Å². The molecule has 0 fully saturated rings. The Morgan fingerprint density at radius 3 is 2.21 bits per heavy atom. The number of carbonyl (C=O) groups excluding carboxylic acids is 2. The Kier molecular flexibility index (Phi) is 7.42. The SMILES string of the molecule is CCC(C)(CC(C)(C)C(=O)OCc1ccccc1)C(=O)OCCO. The minimum Gasteiger partial charge on any atom is -0.463 e. The third-order valence-corrected chi connectivity index (χ3v) is 4.20. The van der Waals surface area contributed by atoms with Crippen LogP contribution in [0.4, 0.5) is 0 Å². The van der Waals surface area contributed by atoms with E-state index < -0.39 is 16.8 Å². The molecule has 1 atom stereocenters. The van der Waals surface area contributed by atoms with Crippen molar-refractivity contribution in [2.45, 2.75) is 47.1 Å². The van der Waals surface area contributed by atoms with Crippen LogP contribution in [0.2, 0.25) is 0 Å². The molecule has 0 saturated carbocycles. The van der Waals surface area contributed by atoms with Crippen molar-refractivity contribution in [1.82, 2.24) is 0 Å². The van der Waals surface area contributed by atoms with Crippen LogP contribution < -0.4 is 0 Å². The predicted octanol–water partition coefficient (Wildman–Crippen LogP) is 3.10. The van der Waals surface area contributed by atoms with E-state index >= 15 is 0 Å². The smallest absolute Gasteiger partial charge is 0.311 e. The van der Waals surface area contributed by atoms with E-state index in [0.717, 1.165) is 5.56 Å². The van der Waals surface area contributed by atoms with E-state index in [-0.39, 0.29) is 25.8 Å². The third-order valence-electron chi connectivity index (χ3n) is 4.20. The van der Waals surface area contributed by atoms with Gasteiger partial charge in [-0.1, -0.05) is 37.3 Å². The lowest BCUT2D eigenvalue weighted by molar-refractivity contribution is -0.164. The molecule has 1 rings (SSSR count). The second-order valence-corrected chi connectivity index (χ2v) is 6.90. The van der Waals surface area contributed by atoms with Crippen LogP contribution in [0.1, 0.15) is 46.1 Å². The summed E-state index contributed by atoms with van der Waals surface area (Å²) in [6.07, 6.45) is 0.848. The van der Waals surface area contributed by atoms with Crippen LogP contribution in [-0.4, -0.2) is 30.3 Å². The van der Waals surface area contributed by atoms with Crippen molar-refractivity contribution in [2.75, 3.05) is 13.2 Å². The topological polar surface area (TPSA) is 72.8 Å². The second-order valence-electron chi connectivity index (χ2n) is 6.90. The molecule has 1 N–H and O–H groups in total. The van der Waals surface area contributed by atoms with E-state index in [1.165, 1.54) is 0 Å². The maximum absolute atomic E-state index is 12.5. The van der Waals surface area contributed by atoms with Gasteiger partial charge in [0.2, 0.25) is 0 Å². The Balaban J connectivity index is 2.70. The van der Waals surface area contributed by atoms with Crippen molar-refractivity contribution in [3.05, 3.63) is 35.9 Å². The van der Waals surface area contributed by atoms with Gasteiger partial charge >= 0.3 is 11.9 Å². The number of benzene rings is 1. The lowest BCUT2D eigenvalue weighted by Crippen LogP contribution is -2.38. The quantitative estimate of drug-likeness (QED) is 0.702. The number of carbonyl (C=O) groups is 2. The summed E-state index contributed by atoms with van der Waals surface area (Å²) in [4.78, 5) is 24.7. The van der Waals surface area contributed by atoms with Gasteiger partial charge in [-0.3, -0.25) is 9.59 Å². The average molecular weight is 336 g/mol. The summed E-state index contributed by atoms with van der Waals surface area (Å²) in [5.74, 6) is -0.746. The highest BCUT2D eigenvalue weighted by Gasteiger charge is 2.42. The molecule has 1 aromatic rings. The van der Waals surface area contributed by atoms with E-state index in [2.05, 4.69) is 0 Å². The molecule has 0 aliphatic heterocycles. The molecule has 0 aliphatic carbocycles. The fourth-order valence-electron chi connectivity index (χ4n) is 2.62. The van der Waals surface area contributed by atoms with Crippen LogP contribution in [0.3, 0.4) is 0 Å². The van der Waals surface area contributed by atoms with Crippen molar-refractivity contribution >= 4 is 11.9 Å². The summed E-state index contributed by atoms with van der Waals surface area (Å²) in [7, 11) is 0. The van der Waals surface area contributed by atoms with Crippen molar-refractivity contribution < 1.29 is 24.2 Å². The molecule has 0 aliphatic rings. The molecule has 0 aromatic heterocycles. The predicted molar refractivity (Wildman–Crippen MR) is 91.1 cm³/mol. The van der Waals surface area contributed by atoms with Crippen molar-refractivity contribution in [1.29, 1.82) is 0 Å². The first-order chi connectivity index (χ1) is 11.2. The first kappa shape index (κ1) is 20.2. The number of aliphatic hydroxyl groups is 1. The third kappa shape index (κ3) is 5.64. The van der Waals surface area contributed by atoms with Crippen LogP contribution in [0.25, 0.3) is 0 Å². The van der Waals surface area contributed by atoms with Crippen molar-refractivity contribution in [3.63, 3.8) is 0 Å². The van der Waals surface area contributed by atoms with E-state index in [4.69, 9.17) is 14.6 Å². The van der Waals surface area contributed by atoms with Crippen molar-refractivity contribution in [2.24, 2.45) is 10.8 Å². The van der Waals surface area contributed by atoms with Gasteiger partial charge in [0.25, 0.3) is 0 Å². The monoisotopic (exact) mass is 336 g/mol. The largest absolute Gasteiger partial charge is 0.463 e. The molecular weight excluding hydrogens is 308 g/mol. The van der Waals surface area contributed by atoms with Crippen molar-refractivity contribution in [3.8, 4) is 0 Å². The zero-order chi connectivity index (χ0) is 18.2. The van der Waals surface area contributed by atoms with Gasteiger partial charge in [-0.05, 0) is 39.2 Å². The van der Waals surface area contributed by atoms with E-state index in [1.807, 2.05) is 37.3 Å². The summed E-state index contributed by atoms with van der Waals surface area (Å²) >= 11 is 0. The van der Waals surface area contributed by atoms with E-state index in [1.54, 1.807) is 20.8 Å². The fourth-order valence-corrected chi connectivity index (χ4v) is 2.62. The Hall–Kier alpha value is -1.88. The summed E-state index contributed by atoms with van der Waals surface area (Å²) in [6, 6.07) is 9.46. The molecule has 0 spiro atoms. The molecular formula is C19H28O5. The standard InChI is InChI=1S/C19H28O5/c1-5-19(4,17(22)23-12-11-20)14-18(2,3)16(21)24-13-15-9-7-6-8-10-15/h6-10,20H,5,11-14H2,1-4H3. The molecule has 5 heteroatoms. The molecule has 0 amide bonds. The highest BCUT2D eigenvalue weighted by molar-refractivity contribution is 5.80. The zero-order valence-corrected chi connectivity index (χ0v) is 15.0. The normalized spacial score (nSPS) is 13.9. The number of hydrogen-bond acceptors (Lipinski definition) is 5. The van der Waals surface area contributed by atoms with Gasteiger partial charge in [-0.25, -0.2) is 0 Å². The summed E-state index contributed by atoms with van der Waals surface area (Å²) in [5, 5.41) is 8.80. The van der Waals surface area contributed by atoms with Crippen LogP contribution >= 0.6 is 0 Å². The molecule has 0 heterocycles. The number of rotatable bonds is 9. The van der Waals surface area contributed by atoms with E-state index in [9.17, 15) is 9.59 Å². The lowest BCUT2D eigenvalue weighted by atomic mass is 9.72. The maximum Gasteiger partial charge on any atom is 0.311 e. The minimum atomic E-state index is -0.822. The molecule has 5 nitrogen and oxygen atoms in total. The van der Waals surface area contributed by atoms with Gasteiger partial charge in [-0.2, -0.15) is 0 Å². The van der Waals surface area contributed by atoms with Gasteiger partial charge in [-0.15, -0.1) is 0 Å². The van der Waals surface area contributed by atoms with Gasteiger partial charge < -0.3 is 14.6 Å². The lowest BCUT2D eigenvalue weighted by Gasteiger charge is -2.33. The molecule has 24 heavy (non-hydrogen) atoms. The second kappa shape index (κ2) is 8.83. The molecule has 0 radical (unpaired) electrons. The number of aliphatic hydroxyl groups excluding tert-OH is 1. The zero-order valence-electron chi connectivity index (χ0n) is 15.0. The number of esters is 2. The average Bonchev–Trinajstić information content (AvgIpc) is 2.57. The summed E-state index contributed by atoms with van der Waals surface area (Å²) < 4.78 is 10.5.